The van der Waals surface area contributed by atoms with Crippen LogP contribution in [0.3, 0.4) is 0 Å². The molecule has 0 spiro atoms. The topological polar surface area (TPSA) is 253 Å². The highest BCUT2D eigenvalue weighted by molar-refractivity contribution is 6.18. The predicted octanol–water partition coefficient (Wildman–Crippen LogP) is 9.48. The molecule has 28 heteroatoms. The number of rotatable bonds is 50. The normalized spacial score (nSPS) is 13.4. The fraction of sp³-hybridized carbons (Fsp3) is 0.786. The average molecular weight is 1460 g/mol. The molecule has 0 aliphatic carbocycles. The number of carbonyl (C=O) groups is 1. The highest BCUT2D eigenvalue weighted by atomic mass is 35.5. The number of halogens is 2. The van der Waals surface area contributed by atoms with Gasteiger partial charge in [0.15, 0.2) is 18.7 Å². The van der Waals surface area contributed by atoms with E-state index in [1.54, 1.807) is 120 Å². The molecule has 98 heavy (non-hydrogen) atoms. The van der Waals surface area contributed by atoms with Gasteiger partial charge in [-0.05, 0) is 51.9 Å². The van der Waals surface area contributed by atoms with E-state index >= 15 is 0 Å². The molecule has 2 aromatic rings. The number of carboxylic acids is 1. The number of alkyl halides is 2. The van der Waals surface area contributed by atoms with Gasteiger partial charge >= 0.3 is 5.97 Å². The number of benzene rings is 2. The average Bonchev–Trinajstić information content (AvgIpc) is 2.05. The van der Waals surface area contributed by atoms with Crippen molar-refractivity contribution in [2.45, 2.75) is 109 Å². The first-order valence-corrected chi connectivity index (χ1v) is 33.4. The number of hydrogen-bond donors (Lipinski definition) is 1. The highest BCUT2D eigenvalue weighted by Gasteiger charge is 2.23. The molecule has 0 aliphatic rings. The second-order valence-electron chi connectivity index (χ2n) is 19.6. The minimum absolute atomic E-state index is 0.0277. The first-order valence-electron chi connectivity index (χ1n) is 32.4. The second-order valence-corrected chi connectivity index (χ2v) is 20.2. The summed E-state index contributed by atoms with van der Waals surface area (Å²) in [5.74, 6) is -0.0198. The van der Waals surface area contributed by atoms with Gasteiger partial charge < -0.3 is 119 Å². The maximum Gasteiger partial charge on any atom is 0.335 e. The Morgan fingerprint density at radius 1 is 0.408 bits per heavy atom. The van der Waals surface area contributed by atoms with Crippen molar-refractivity contribution in [2.24, 2.45) is 0 Å². The number of carboxylic acid groups (broad SMARTS) is 1. The Bertz CT molecular complexity index is 1670. The van der Waals surface area contributed by atoms with E-state index in [9.17, 15) is 4.79 Å². The van der Waals surface area contributed by atoms with Gasteiger partial charge in [0.1, 0.15) is 30.5 Å². The molecule has 1 N–H and O–H groups in total. The zero-order valence-electron chi connectivity index (χ0n) is 64.5. The summed E-state index contributed by atoms with van der Waals surface area (Å²) in [6, 6.07) is 20.1. The van der Waals surface area contributed by atoms with Crippen LogP contribution in [0.25, 0.3) is 0 Å². The van der Waals surface area contributed by atoms with Crippen molar-refractivity contribution in [1.29, 1.82) is 0 Å². The zero-order chi connectivity index (χ0) is 75.8. The van der Waals surface area contributed by atoms with Crippen LogP contribution < -0.4 is 0 Å². The lowest BCUT2D eigenvalue weighted by molar-refractivity contribution is -0.206. The molecular weight excluding hydrogens is 1330 g/mol. The van der Waals surface area contributed by atoms with Crippen LogP contribution in [0.2, 0.25) is 0 Å². The van der Waals surface area contributed by atoms with Gasteiger partial charge in [0.25, 0.3) is 0 Å². The molecule has 9 unspecified atom stereocenters. The van der Waals surface area contributed by atoms with Gasteiger partial charge in [-0.1, -0.05) is 80.6 Å². The Morgan fingerprint density at radius 2 is 0.724 bits per heavy atom. The monoisotopic (exact) mass is 1460 g/mol. The molecule has 2 rings (SSSR count). The van der Waals surface area contributed by atoms with Crippen molar-refractivity contribution in [2.75, 3.05) is 258 Å². The van der Waals surface area contributed by atoms with Gasteiger partial charge in [-0.3, -0.25) is 0 Å². The van der Waals surface area contributed by atoms with Gasteiger partial charge in [0.05, 0.1) is 103 Å². The smallest absolute Gasteiger partial charge is 0.335 e. The molecule has 26 nitrogen and oxygen atoms in total. The van der Waals surface area contributed by atoms with Crippen LogP contribution in [0.1, 0.15) is 64.9 Å². The van der Waals surface area contributed by atoms with E-state index in [1.165, 1.54) is 14.2 Å². The molecule has 0 aliphatic heterocycles. The van der Waals surface area contributed by atoms with Crippen molar-refractivity contribution in [1.82, 2.24) is 4.90 Å². The van der Waals surface area contributed by atoms with Crippen LogP contribution in [0, 0.1) is 0 Å². The van der Waals surface area contributed by atoms with Gasteiger partial charge in [0, 0.05) is 161 Å². The van der Waals surface area contributed by atoms with Gasteiger partial charge in [-0.25, -0.2) is 4.79 Å². The molecule has 0 saturated carbocycles. The van der Waals surface area contributed by atoms with Crippen molar-refractivity contribution >= 4 is 29.2 Å². The Labute approximate surface area is 602 Å². The molecule has 586 valence electrons. The number of nitrogens with zero attached hydrogens (tertiary/aromatic N) is 1. The summed E-state index contributed by atoms with van der Waals surface area (Å²) < 4.78 is 116. The van der Waals surface area contributed by atoms with Gasteiger partial charge in [-0.2, -0.15) is 0 Å². The van der Waals surface area contributed by atoms with Crippen molar-refractivity contribution in [3.63, 3.8) is 0 Å². The Hall–Kier alpha value is -2.73. The van der Waals surface area contributed by atoms with Crippen molar-refractivity contribution in [3.05, 3.63) is 84.4 Å². The molecule has 0 saturated heterocycles. The second kappa shape index (κ2) is 88.5. The maximum absolute atomic E-state index is 10.1. The van der Waals surface area contributed by atoms with Crippen LogP contribution in [0.4, 0.5) is 0 Å². The fourth-order valence-electron chi connectivity index (χ4n) is 7.18. The van der Waals surface area contributed by atoms with E-state index in [0.717, 1.165) is 30.8 Å². The number of methoxy groups -OCH3 is 18. The van der Waals surface area contributed by atoms with Crippen LogP contribution in [-0.4, -0.2) is 330 Å². The molecule has 9 atom stereocenters. The van der Waals surface area contributed by atoms with E-state index in [4.69, 9.17) is 128 Å². The van der Waals surface area contributed by atoms with Crippen molar-refractivity contribution in [3.8, 4) is 0 Å². The summed E-state index contributed by atoms with van der Waals surface area (Å²) in [5, 5.41) is 8.30. The summed E-state index contributed by atoms with van der Waals surface area (Å²) in [7, 11) is 29.2. The molecule has 0 radical (unpaired) electrons. The number of hydrogen-bond acceptors (Lipinski definition) is 25. The van der Waals surface area contributed by atoms with E-state index in [-0.39, 0.29) is 68.0 Å². The lowest BCUT2D eigenvalue weighted by atomic mass is 10.1. The van der Waals surface area contributed by atoms with Gasteiger partial charge in [0.2, 0.25) is 0 Å². The Balaban J connectivity index is -0.000000191. The summed E-state index contributed by atoms with van der Waals surface area (Å²) in [4.78, 5) is 12.4. The van der Waals surface area contributed by atoms with Crippen molar-refractivity contribution < 1.29 is 119 Å². The third-order valence-electron chi connectivity index (χ3n) is 12.6. The first-order chi connectivity index (χ1) is 47.4. The Morgan fingerprint density at radius 3 is 0.939 bits per heavy atom. The van der Waals surface area contributed by atoms with E-state index in [0.29, 0.717) is 104 Å². The van der Waals surface area contributed by atoms with E-state index < -0.39 is 12.1 Å². The molecule has 2 aromatic carbocycles. The SMILES string of the molecule is C=CCOCC(COC)OC.CCN(CC)CC(COC)OC.CCOC(OCC)C(COC)OC.CCOC(OCC)C(COC)OC.COCC(CCl)OC.COCC(CCl)OC.COCC(OC)C(=O)O.COCC(OC)c1ccccc1.COCC(OC)c1ccccc1. The predicted molar refractivity (Wildman–Crippen MR) is 387 cm³/mol. The largest absolute Gasteiger partial charge is 0.479 e. The van der Waals surface area contributed by atoms with Crippen LogP contribution in [0.15, 0.2) is 73.3 Å². The zero-order valence-corrected chi connectivity index (χ0v) is 66.0. The summed E-state index contributed by atoms with van der Waals surface area (Å²) in [6.45, 7) is 26.8. The number of ether oxygens (including phenoxy) is 23. The molecule has 0 bridgehead atoms. The molecular formula is C70H137Cl2NO25. The number of likely N-dealkylation sites (N-methyl/N-ethyl adjacent to an activating group) is 1. The third kappa shape index (κ3) is 69.0. The van der Waals surface area contributed by atoms with E-state index in [2.05, 4.69) is 34.8 Å². The lowest BCUT2D eigenvalue weighted by Gasteiger charge is -2.24. The minimum Gasteiger partial charge on any atom is -0.479 e. The summed E-state index contributed by atoms with van der Waals surface area (Å²) in [5.41, 5.74) is 2.31. The minimum atomic E-state index is -1.00. The summed E-state index contributed by atoms with van der Waals surface area (Å²) >= 11 is 10.9. The molecule has 0 amide bonds. The summed E-state index contributed by atoms with van der Waals surface area (Å²) in [6.07, 6.45) is 0.301. The standard InChI is InChI=1S/2C10H14O2.C9H21NO2.2C9H20O4.C8H16O3.2C5H11ClO2.C5H10O4/c2*1-11-8-10(12-2)9-6-4-3-5-7-9;1-5-10(6-2)7-9(12-4)8-11-3;2*1-5-12-9(13-6-2)8(11-4)7-10-3;1-4-5-11-7-8(10-3)6-9-2;2*1-7-4-5(3-6)8-2;1-8-3-4(9-2)5(6)7/h2*3-7,10H,8H2,1-2H3;9H,5-8H2,1-4H3;2*8-9H,5-7H2,1-4H3;4,8H,1,5-7H2,2-3H3;2*5H,3-4H2,1-2H3;4H,3H2,1-2H3,(H,6,7). The molecule has 0 heterocycles. The Kier molecular flexibility index (Phi) is 98.1. The maximum atomic E-state index is 10.1. The lowest BCUT2D eigenvalue weighted by Crippen LogP contribution is -2.36. The quantitative estimate of drug-likeness (QED) is 0.0280. The van der Waals surface area contributed by atoms with Crippen LogP contribution in [0.5, 0.6) is 0 Å². The van der Waals surface area contributed by atoms with Gasteiger partial charge in [-0.15, -0.1) is 29.8 Å². The van der Waals surface area contributed by atoms with E-state index in [1.807, 2.05) is 88.4 Å². The highest BCUT2D eigenvalue weighted by Crippen LogP contribution is 2.17. The molecule has 0 aromatic heterocycles. The fourth-order valence-corrected chi connectivity index (χ4v) is 7.61. The van der Waals surface area contributed by atoms with Crippen LogP contribution >= 0.6 is 23.2 Å². The number of aliphatic carboxylic acids is 1. The van der Waals surface area contributed by atoms with Crippen LogP contribution in [-0.2, 0) is 114 Å². The third-order valence-corrected chi connectivity index (χ3v) is 13.3. The first kappa shape index (κ1) is 109. The molecule has 0 fully saturated rings.